The maximum atomic E-state index is 10.5. The third kappa shape index (κ3) is 5.01. The van der Waals surface area contributed by atoms with E-state index in [9.17, 15) is 9.59 Å². The molecule has 1 aromatic carbocycles. The average Bonchev–Trinajstić information content (AvgIpc) is 2.03. The molecule has 0 aliphatic rings. The van der Waals surface area contributed by atoms with Crippen LogP contribution in [0.1, 0.15) is 23.6 Å². The SMILES string of the molecule is Nc1cc(C(=O)O)cc(C(=O)O)c1.[H-].[H-].[Na+].[Na+]. The minimum atomic E-state index is -1.20. The molecular weight excluding hydrogens is 220 g/mol. The molecule has 0 saturated carbocycles. The Kier molecular flexibility index (Phi) is 8.41. The van der Waals surface area contributed by atoms with Crippen molar-refractivity contribution in [1.29, 1.82) is 0 Å². The Morgan fingerprint density at radius 2 is 1.33 bits per heavy atom. The van der Waals surface area contributed by atoms with Crippen molar-refractivity contribution in [3.8, 4) is 0 Å². The fourth-order valence-electron chi connectivity index (χ4n) is 0.899. The van der Waals surface area contributed by atoms with E-state index in [1.807, 2.05) is 0 Å². The van der Waals surface area contributed by atoms with Gasteiger partial charge in [0.2, 0.25) is 0 Å². The first-order chi connectivity index (χ1) is 6.00. The summed E-state index contributed by atoms with van der Waals surface area (Å²) in [5.41, 5.74) is 5.18. The molecule has 0 radical (unpaired) electrons. The van der Waals surface area contributed by atoms with Crippen LogP contribution in [0, 0.1) is 0 Å². The number of carbonyl (C=O) groups is 2. The maximum absolute atomic E-state index is 10.5. The second-order valence-electron chi connectivity index (χ2n) is 2.45. The first-order valence-corrected chi connectivity index (χ1v) is 3.38. The van der Waals surface area contributed by atoms with E-state index >= 15 is 0 Å². The van der Waals surface area contributed by atoms with Gasteiger partial charge in [0.05, 0.1) is 11.1 Å². The number of hydrogen-bond donors (Lipinski definition) is 3. The van der Waals surface area contributed by atoms with Gasteiger partial charge in [0, 0.05) is 5.69 Å². The minimum Gasteiger partial charge on any atom is -1.00 e. The minimum absolute atomic E-state index is 0. The molecule has 15 heavy (non-hydrogen) atoms. The first kappa shape index (κ1) is 17.4. The Morgan fingerprint density at radius 1 is 1.00 bits per heavy atom. The van der Waals surface area contributed by atoms with Crippen LogP contribution in [0.25, 0.3) is 0 Å². The number of nitrogens with two attached hydrogens (primary N) is 1. The molecule has 72 valence electrons. The molecule has 0 fully saturated rings. The molecule has 0 aliphatic carbocycles. The van der Waals surface area contributed by atoms with E-state index in [1.165, 1.54) is 12.1 Å². The molecule has 0 bridgehead atoms. The Bertz CT molecular complexity index is 358. The largest absolute Gasteiger partial charge is 1.00 e. The van der Waals surface area contributed by atoms with E-state index < -0.39 is 11.9 Å². The number of rotatable bonds is 2. The van der Waals surface area contributed by atoms with Gasteiger partial charge in [0.25, 0.3) is 0 Å². The number of carboxylic acids is 2. The molecule has 0 spiro atoms. The summed E-state index contributed by atoms with van der Waals surface area (Å²) in [6.45, 7) is 0. The molecule has 0 amide bonds. The predicted octanol–water partition coefficient (Wildman–Crippen LogP) is -5.10. The fraction of sp³-hybridized carbons (Fsp3) is 0. The maximum Gasteiger partial charge on any atom is 1.00 e. The Labute approximate surface area is 133 Å². The van der Waals surface area contributed by atoms with Crippen LogP contribution in [-0.4, -0.2) is 22.2 Å². The summed E-state index contributed by atoms with van der Waals surface area (Å²) >= 11 is 0. The summed E-state index contributed by atoms with van der Waals surface area (Å²) in [6, 6.07) is 3.46. The quantitative estimate of drug-likeness (QED) is 0.348. The van der Waals surface area contributed by atoms with Gasteiger partial charge in [-0.2, -0.15) is 0 Å². The van der Waals surface area contributed by atoms with Crippen LogP contribution in [0.4, 0.5) is 5.69 Å². The van der Waals surface area contributed by atoms with Gasteiger partial charge in [-0.3, -0.25) is 0 Å². The number of carboxylic acid groups (broad SMARTS) is 2. The van der Waals surface area contributed by atoms with Gasteiger partial charge < -0.3 is 18.8 Å². The van der Waals surface area contributed by atoms with Gasteiger partial charge in [-0.05, 0) is 18.2 Å². The number of hydrogen-bond acceptors (Lipinski definition) is 3. The molecule has 0 heterocycles. The van der Waals surface area contributed by atoms with E-state index in [0.717, 1.165) is 6.07 Å². The topological polar surface area (TPSA) is 101 Å². The van der Waals surface area contributed by atoms with Crippen LogP contribution in [0.5, 0.6) is 0 Å². The Hall–Kier alpha value is -0.0400. The van der Waals surface area contributed by atoms with E-state index in [-0.39, 0.29) is 78.8 Å². The summed E-state index contributed by atoms with van der Waals surface area (Å²) in [7, 11) is 0. The van der Waals surface area contributed by atoms with Crippen molar-refractivity contribution in [3.05, 3.63) is 29.3 Å². The third-order valence-corrected chi connectivity index (χ3v) is 1.45. The number of anilines is 1. The molecule has 0 aliphatic heterocycles. The van der Waals surface area contributed by atoms with Crippen LogP contribution < -0.4 is 64.8 Å². The Balaban J connectivity index is -0.000000211. The van der Waals surface area contributed by atoms with Gasteiger partial charge in [0.15, 0.2) is 0 Å². The summed E-state index contributed by atoms with van der Waals surface area (Å²) in [5.74, 6) is -2.40. The molecule has 7 heteroatoms. The van der Waals surface area contributed by atoms with E-state index in [2.05, 4.69) is 0 Å². The zero-order valence-electron chi connectivity index (χ0n) is 10.5. The first-order valence-electron chi connectivity index (χ1n) is 3.38. The second kappa shape index (κ2) is 7.27. The van der Waals surface area contributed by atoms with Gasteiger partial charge in [-0.25, -0.2) is 9.59 Å². The monoisotopic (exact) mass is 229 g/mol. The van der Waals surface area contributed by atoms with E-state index in [1.54, 1.807) is 0 Å². The van der Waals surface area contributed by atoms with Crippen molar-refractivity contribution in [2.45, 2.75) is 0 Å². The fourth-order valence-corrected chi connectivity index (χ4v) is 0.899. The zero-order valence-corrected chi connectivity index (χ0v) is 12.5. The second-order valence-corrected chi connectivity index (χ2v) is 2.45. The summed E-state index contributed by atoms with van der Waals surface area (Å²) < 4.78 is 0. The number of benzene rings is 1. The summed E-state index contributed by atoms with van der Waals surface area (Å²) in [5, 5.41) is 17.1. The normalized spacial score (nSPS) is 8.27. The molecule has 1 rings (SSSR count). The number of nitrogen functional groups attached to an aromatic ring is 1. The van der Waals surface area contributed by atoms with Crippen LogP contribution >= 0.6 is 0 Å². The van der Waals surface area contributed by atoms with Crippen molar-refractivity contribution < 1.29 is 81.8 Å². The van der Waals surface area contributed by atoms with Gasteiger partial charge in [-0.1, -0.05) is 0 Å². The number of aromatic carboxylic acids is 2. The smallest absolute Gasteiger partial charge is 1.00 e. The third-order valence-electron chi connectivity index (χ3n) is 1.45. The summed E-state index contributed by atoms with van der Waals surface area (Å²) in [6.07, 6.45) is 0. The van der Waals surface area contributed by atoms with Crippen LogP contribution in [0.2, 0.25) is 0 Å². The van der Waals surface area contributed by atoms with Crippen molar-refractivity contribution in [2.24, 2.45) is 0 Å². The van der Waals surface area contributed by atoms with Gasteiger partial charge in [-0.15, -0.1) is 0 Å². The Morgan fingerprint density at radius 3 is 1.60 bits per heavy atom. The average molecular weight is 229 g/mol. The molecular formula is C8H9NNa2O4. The van der Waals surface area contributed by atoms with Crippen LogP contribution in [0.3, 0.4) is 0 Å². The van der Waals surface area contributed by atoms with Crippen molar-refractivity contribution in [2.75, 3.05) is 5.73 Å². The predicted molar refractivity (Wildman–Crippen MR) is 47.0 cm³/mol. The van der Waals surface area contributed by atoms with Crippen LogP contribution in [0.15, 0.2) is 18.2 Å². The summed E-state index contributed by atoms with van der Waals surface area (Å²) in [4.78, 5) is 21.0. The van der Waals surface area contributed by atoms with Crippen molar-refractivity contribution >= 4 is 17.6 Å². The van der Waals surface area contributed by atoms with Gasteiger partial charge >= 0.3 is 71.1 Å². The van der Waals surface area contributed by atoms with E-state index in [4.69, 9.17) is 15.9 Å². The van der Waals surface area contributed by atoms with E-state index in [0.29, 0.717) is 0 Å². The molecule has 0 unspecified atom stereocenters. The van der Waals surface area contributed by atoms with Crippen molar-refractivity contribution in [1.82, 2.24) is 0 Å². The zero-order chi connectivity index (χ0) is 10.0. The molecule has 0 atom stereocenters. The molecule has 5 nitrogen and oxygen atoms in total. The van der Waals surface area contributed by atoms with Gasteiger partial charge in [0.1, 0.15) is 0 Å². The molecule has 1 aromatic rings. The molecule has 4 N–H and O–H groups in total. The standard InChI is InChI=1S/C8H7NO4.2Na.2H/c9-6-2-4(7(10)11)1-5(3-6)8(12)13;;;;/h1-3H,9H2,(H,10,11)(H,12,13);;;;/q;2*+1;2*-1. The van der Waals surface area contributed by atoms with Crippen molar-refractivity contribution in [3.63, 3.8) is 0 Å². The molecule has 0 saturated heterocycles. The molecule has 0 aromatic heterocycles. The van der Waals surface area contributed by atoms with Crippen LogP contribution in [-0.2, 0) is 0 Å².